The first kappa shape index (κ1) is 25.6. The van der Waals surface area contributed by atoms with Crippen molar-refractivity contribution in [3.63, 3.8) is 0 Å². The van der Waals surface area contributed by atoms with Crippen LogP contribution in [-0.4, -0.2) is 68.3 Å². The van der Waals surface area contributed by atoms with Crippen LogP contribution in [0.25, 0.3) is 0 Å². The van der Waals surface area contributed by atoms with Crippen LogP contribution in [0, 0.1) is 11.3 Å². The zero-order valence-corrected chi connectivity index (χ0v) is 20.7. The lowest BCUT2D eigenvalue weighted by Crippen LogP contribution is -2.42. The summed E-state index contributed by atoms with van der Waals surface area (Å²) in [6, 6.07) is 11.3. The number of nitriles is 1. The summed E-state index contributed by atoms with van der Waals surface area (Å²) < 4.78 is 32.4. The number of carbonyl (C=O) groups excluding carboxylic acids is 3. The summed E-state index contributed by atoms with van der Waals surface area (Å²) in [5.74, 6) is -1.40. The second-order valence-electron chi connectivity index (χ2n) is 8.34. The van der Waals surface area contributed by atoms with Gasteiger partial charge in [0.25, 0.3) is 5.91 Å². The van der Waals surface area contributed by atoms with Gasteiger partial charge in [-0.25, -0.2) is 13.2 Å². The minimum atomic E-state index is -3.83. The lowest BCUT2D eigenvalue weighted by molar-refractivity contribution is -0.133. The fourth-order valence-electron chi connectivity index (χ4n) is 3.94. The molecule has 0 aliphatic carbocycles. The number of hydrogen-bond acceptors (Lipinski definition) is 7. The summed E-state index contributed by atoms with van der Waals surface area (Å²) in [4.78, 5) is 39.1. The fourth-order valence-corrected chi connectivity index (χ4v) is 5.54. The molecule has 2 saturated heterocycles. The highest BCUT2D eigenvalue weighted by Crippen LogP contribution is 2.30. The number of ether oxygens (including phenoxy) is 1. The van der Waals surface area contributed by atoms with E-state index in [1.54, 1.807) is 12.1 Å². The van der Waals surface area contributed by atoms with Crippen LogP contribution in [0.2, 0.25) is 5.02 Å². The Labute approximate surface area is 212 Å². The lowest BCUT2D eigenvalue weighted by Gasteiger charge is -2.26. The molecule has 2 fully saturated rings. The summed E-state index contributed by atoms with van der Waals surface area (Å²) in [5, 5.41) is 14.1. The molecule has 4 rings (SSSR count). The Hall–Kier alpha value is -3.50. The zero-order chi connectivity index (χ0) is 26.1. The maximum absolute atomic E-state index is 13.1. The highest BCUT2D eigenvalue weighted by Gasteiger charge is 2.49. The third-order valence-corrected chi connectivity index (χ3v) is 8.21. The summed E-state index contributed by atoms with van der Waals surface area (Å²) in [6.07, 6.45) is 0. The molecule has 188 valence electrons. The summed E-state index contributed by atoms with van der Waals surface area (Å²) in [6.45, 7) is 1.86. The molecule has 4 amide bonds. The number of carbonyl (C=O) groups is 3. The van der Waals surface area contributed by atoms with E-state index < -0.39 is 40.0 Å². The molecule has 2 aromatic rings. The van der Waals surface area contributed by atoms with Gasteiger partial charge in [0.2, 0.25) is 15.9 Å². The number of morpholine rings is 1. The van der Waals surface area contributed by atoms with Crippen molar-refractivity contribution < 1.29 is 27.5 Å². The van der Waals surface area contributed by atoms with Gasteiger partial charge in [-0.1, -0.05) is 23.7 Å². The Morgan fingerprint density at radius 3 is 2.50 bits per heavy atom. The maximum Gasteiger partial charge on any atom is 0.325 e. The zero-order valence-electron chi connectivity index (χ0n) is 19.2. The standard InChI is InChI=1S/C23H22ClN5O6S/c1-23(16-4-2-15(13-25)3-5-16)21(31)29(22(32)27-23)14-20(30)26-19-12-17(6-7-18(19)24)36(33,34)28-8-10-35-11-9-28/h2-7,12H,8-11,14H2,1H3,(H,26,30)(H,27,32)/t23-/m0/s1. The predicted molar refractivity (Wildman–Crippen MR) is 128 cm³/mol. The molecule has 0 saturated carbocycles. The van der Waals surface area contributed by atoms with Gasteiger partial charge in [-0.15, -0.1) is 0 Å². The van der Waals surface area contributed by atoms with Gasteiger partial charge < -0.3 is 15.4 Å². The van der Waals surface area contributed by atoms with Gasteiger partial charge >= 0.3 is 6.03 Å². The van der Waals surface area contributed by atoms with Crippen LogP contribution in [0.5, 0.6) is 0 Å². The highest BCUT2D eigenvalue weighted by molar-refractivity contribution is 7.89. The molecule has 2 heterocycles. The van der Waals surface area contributed by atoms with Crippen LogP contribution in [0.3, 0.4) is 0 Å². The van der Waals surface area contributed by atoms with Crippen molar-refractivity contribution in [3.8, 4) is 6.07 Å². The largest absolute Gasteiger partial charge is 0.379 e. The Morgan fingerprint density at radius 1 is 1.19 bits per heavy atom. The molecule has 2 aliphatic rings. The summed E-state index contributed by atoms with van der Waals surface area (Å²) in [5.41, 5.74) is -0.551. The van der Waals surface area contributed by atoms with Crippen LogP contribution in [0.1, 0.15) is 18.1 Å². The van der Waals surface area contributed by atoms with Gasteiger partial charge in [0.15, 0.2) is 0 Å². The normalized spacial score (nSPS) is 20.6. The summed E-state index contributed by atoms with van der Waals surface area (Å²) in [7, 11) is -3.83. The molecule has 0 aromatic heterocycles. The van der Waals surface area contributed by atoms with Gasteiger partial charge in [-0.2, -0.15) is 9.57 Å². The number of imide groups is 1. The molecule has 0 bridgehead atoms. The first-order valence-corrected chi connectivity index (χ1v) is 12.7. The van der Waals surface area contributed by atoms with E-state index in [0.29, 0.717) is 11.1 Å². The SMILES string of the molecule is C[C@@]1(c2ccc(C#N)cc2)NC(=O)N(CC(=O)Nc2cc(S(=O)(=O)N3CCOCC3)ccc2Cl)C1=O. The minimum absolute atomic E-state index is 0.0258. The van der Waals surface area contributed by atoms with Gasteiger partial charge in [-0.05, 0) is 42.8 Å². The van der Waals surface area contributed by atoms with E-state index in [-0.39, 0.29) is 41.9 Å². The third-order valence-electron chi connectivity index (χ3n) is 5.99. The smallest absolute Gasteiger partial charge is 0.325 e. The Kier molecular flexibility index (Phi) is 7.01. The number of hydrogen-bond donors (Lipinski definition) is 2. The average molecular weight is 532 g/mol. The second-order valence-corrected chi connectivity index (χ2v) is 10.7. The van der Waals surface area contributed by atoms with E-state index in [2.05, 4.69) is 10.6 Å². The van der Waals surface area contributed by atoms with E-state index in [1.807, 2.05) is 6.07 Å². The first-order valence-electron chi connectivity index (χ1n) is 10.9. The number of rotatable bonds is 6. The number of halogens is 1. The maximum atomic E-state index is 13.1. The summed E-state index contributed by atoms with van der Waals surface area (Å²) >= 11 is 6.17. The van der Waals surface area contributed by atoms with Crippen molar-refractivity contribution in [3.05, 3.63) is 58.6 Å². The number of amides is 4. The molecular formula is C23H22ClN5O6S. The molecular weight excluding hydrogens is 510 g/mol. The predicted octanol–water partition coefficient (Wildman–Crippen LogP) is 1.64. The van der Waals surface area contributed by atoms with Gasteiger partial charge in [0, 0.05) is 13.1 Å². The van der Waals surface area contributed by atoms with Crippen LogP contribution in [-0.2, 0) is 29.9 Å². The topological polar surface area (TPSA) is 149 Å². The molecule has 13 heteroatoms. The Bertz CT molecular complexity index is 1370. The lowest BCUT2D eigenvalue weighted by atomic mass is 9.91. The van der Waals surface area contributed by atoms with E-state index in [0.717, 1.165) is 4.90 Å². The Balaban J connectivity index is 1.49. The van der Waals surface area contributed by atoms with E-state index in [1.165, 1.54) is 41.6 Å². The van der Waals surface area contributed by atoms with Gasteiger partial charge in [-0.3, -0.25) is 14.5 Å². The average Bonchev–Trinajstić information content (AvgIpc) is 3.09. The number of anilines is 1. The Morgan fingerprint density at radius 2 is 1.86 bits per heavy atom. The molecule has 1 atom stereocenters. The van der Waals surface area contributed by atoms with Crippen molar-refractivity contribution in [2.45, 2.75) is 17.4 Å². The number of nitrogens with zero attached hydrogens (tertiary/aromatic N) is 3. The van der Waals surface area contributed by atoms with E-state index in [9.17, 15) is 22.8 Å². The second kappa shape index (κ2) is 9.87. The van der Waals surface area contributed by atoms with E-state index in [4.69, 9.17) is 21.6 Å². The van der Waals surface area contributed by atoms with Crippen molar-refractivity contribution >= 4 is 45.2 Å². The number of sulfonamides is 1. The van der Waals surface area contributed by atoms with Crippen molar-refractivity contribution in [2.75, 3.05) is 38.2 Å². The van der Waals surface area contributed by atoms with Crippen LogP contribution in [0.4, 0.5) is 10.5 Å². The molecule has 2 aromatic carbocycles. The van der Waals surface area contributed by atoms with Crippen molar-refractivity contribution in [2.24, 2.45) is 0 Å². The van der Waals surface area contributed by atoms with Gasteiger partial charge in [0.1, 0.15) is 12.1 Å². The number of nitrogens with one attached hydrogen (secondary N) is 2. The first-order chi connectivity index (χ1) is 17.1. The number of urea groups is 1. The molecule has 2 aliphatic heterocycles. The highest BCUT2D eigenvalue weighted by atomic mass is 35.5. The van der Waals surface area contributed by atoms with Crippen molar-refractivity contribution in [1.29, 1.82) is 5.26 Å². The van der Waals surface area contributed by atoms with E-state index >= 15 is 0 Å². The van der Waals surface area contributed by atoms with Crippen LogP contribution < -0.4 is 10.6 Å². The van der Waals surface area contributed by atoms with Crippen molar-refractivity contribution in [1.82, 2.24) is 14.5 Å². The van der Waals surface area contributed by atoms with Crippen LogP contribution >= 0.6 is 11.6 Å². The van der Waals surface area contributed by atoms with Crippen LogP contribution in [0.15, 0.2) is 47.4 Å². The molecule has 0 radical (unpaired) electrons. The molecule has 2 N–H and O–H groups in total. The van der Waals surface area contributed by atoms with Gasteiger partial charge in [0.05, 0.1) is 40.5 Å². The molecule has 0 unspecified atom stereocenters. The third kappa shape index (κ3) is 4.78. The molecule has 0 spiro atoms. The monoisotopic (exact) mass is 531 g/mol. The molecule has 11 nitrogen and oxygen atoms in total. The quantitative estimate of drug-likeness (QED) is 0.538. The minimum Gasteiger partial charge on any atom is -0.379 e. The molecule has 36 heavy (non-hydrogen) atoms. The fraction of sp³-hybridized carbons (Fsp3) is 0.304. The number of benzene rings is 2.